The van der Waals surface area contributed by atoms with E-state index in [2.05, 4.69) is 47.9 Å². The van der Waals surface area contributed by atoms with Gasteiger partial charge in [-0.05, 0) is 32.1 Å². The van der Waals surface area contributed by atoms with Gasteiger partial charge >= 0.3 is 0 Å². The predicted molar refractivity (Wildman–Crippen MR) is 76.2 cm³/mol. The Morgan fingerprint density at radius 2 is 2.17 bits per heavy atom. The van der Waals surface area contributed by atoms with Crippen LogP contribution in [0.15, 0.2) is 6.33 Å². The molecule has 0 radical (unpaired) electrons. The van der Waals surface area contributed by atoms with Crippen LogP contribution in [0, 0.1) is 12.3 Å². The van der Waals surface area contributed by atoms with Crippen molar-refractivity contribution in [2.45, 2.75) is 40.5 Å². The highest BCUT2D eigenvalue weighted by molar-refractivity contribution is 5.58. The van der Waals surface area contributed by atoms with Gasteiger partial charge in [0, 0.05) is 25.2 Å². The van der Waals surface area contributed by atoms with Crippen LogP contribution in [0.1, 0.15) is 39.2 Å². The number of piperidine rings is 1. The van der Waals surface area contributed by atoms with E-state index in [0.29, 0.717) is 5.41 Å². The lowest BCUT2D eigenvalue weighted by atomic mass is 9.84. The van der Waals surface area contributed by atoms with Crippen molar-refractivity contribution in [2.75, 3.05) is 29.9 Å². The lowest BCUT2D eigenvalue weighted by molar-refractivity contribution is 0.292. The zero-order valence-corrected chi connectivity index (χ0v) is 12.0. The molecule has 1 aromatic heterocycles. The molecule has 1 aromatic rings. The van der Waals surface area contributed by atoms with Crippen molar-refractivity contribution in [3.63, 3.8) is 0 Å². The monoisotopic (exact) mass is 248 g/mol. The predicted octanol–water partition coefficient (Wildman–Crippen LogP) is 2.84. The molecule has 0 saturated carbocycles. The molecule has 4 nitrogen and oxygen atoms in total. The van der Waals surface area contributed by atoms with E-state index in [4.69, 9.17) is 0 Å². The van der Waals surface area contributed by atoms with Crippen LogP contribution in [-0.4, -0.2) is 29.6 Å². The number of nitrogens with zero attached hydrogens (tertiary/aromatic N) is 3. The van der Waals surface area contributed by atoms with Crippen molar-refractivity contribution in [1.82, 2.24) is 9.97 Å². The zero-order chi connectivity index (χ0) is 13.2. The van der Waals surface area contributed by atoms with Gasteiger partial charge in [-0.1, -0.05) is 13.8 Å². The molecular formula is C14H24N4. The smallest absolute Gasteiger partial charge is 0.137 e. The Kier molecular flexibility index (Phi) is 3.73. The van der Waals surface area contributed by atoms with Gasteiger partial charge in [0.1, 0.15) is 18.0 Å². The van der Waals surface area contributed by atoms with Crippen LogP contribution in [0.2, 0.25) is 0 Å². The van der Waals surface area contributed by atoms with Crippen LogP contribution in [0.4, 0.5) is 11.6 Å². The molecule has 2 heterocycles. The molecule has 100 valence electrons. The van der Waals surface area contributed by atoms with Crippen molar-refractivity contribution in [3.8, 4) is 0 Å². The van der Waals surface area contributed by atoms with Crippen molar-refractivity contribution in [1.29, 1.82) is 0 Å². The van der Waals surface area contributed by atoms with E-state index in [9.17, 15) is 0 Å². The quantitative estimate of drug-likeness (QED) is 0.893. The summed E-state index contributed by atoms with van der Waals surface area (Å²) in [5, 5.41) is 3.30. The molecule has 18 heavy (non-hydrogen) atoms. The van der Waals surface area contributed by atoms with E-state index in [-0.39, 0.29) is 0 Å². The Bertz CT molecular complexity index is 414. The molecule has 2 rings (SSSR count). The first-order chi connectivity index (χ1) is 8.53. The lowest BCUT2D eigenvalue weighted by Crippen LogP contribution is -2.41. The van der Waals surface area contributed by atoms with Crippen LogP contribution in [0.5, 0.6) is 0 Å². The number of rotatable bonds is 3. The van der Waals surface area contributed by atoms with Gasteiger partial charge in [-0.25, -0.2) is 9.97 Å². The Morgan fingerprint density at radius 1 is 1.39 bits per heavy atom. The molecule has 0 spiro atoms. The third-order valence-corrected chi connectivity index (χ3v) is 3.60. The summed E-state index contributed by atoms with van der Waals surface area (Å²) in [4.78, 5) is 11.2. The van der Waals surface area contributed by atoms with Gasteiger partial charge in [-0.15, -0.1) is 0 Å². The van der Waals surface area contributed by atoms with Crippen LogP contribution in [0.3, 0.4) is 0 Å². The molecule has 0 aliphatic carbocycles. The Balaban J connectivity index is 2.25. The molecule has 1 saturated heterocycles. The van der Waals surface area contributed by atoms with Crippen molar-refractivity contribution < 1.29 is 0 Å². The van der Waals surface area contributed by atoms with Gasteiger partial charge in [0.05, 0.1) is 0 Å². The third kappa shape index (κ3) is 2.74. The van der Waals surface area contributed by atoms with E-state index in [1.165, 1.54) is 12.8 Å². The molecule has 1 aliphatic rings. The maximum atomic E-state index is 4.49. The largest absolute Gasteiger partial charge is 0.370 e. The summed E-state index contributed by atoms with van der Waals surface area (Å²) in [6.07, 6.45) is 4.21. The lowest BCUT2D eigenvalue weighted by Gasteiger charge is -2.39. The molecule has 1 aliphatic heterocycles. The first kappa shape index (κ1) is 13.1. The first-order valence-corrected chi connectivity index (χ1v) is 6.84. The standard InChI is InChI=1S/C14H24N4/c1-5-15-12-11(2)13(17-10-16-12)18-8-6-7-14(3,4)9-18/h10H,5-9H2,1-4H3,(H,15,16,17). The van der Waals surface area contributed by atoms with Gasteiger partial charge in [-0.3, -0.25) is 0 Å². The summed E-state index contributed by atoms with van der Waals surface area (Å²) in [6, 6.07) is 0. The highest BCUT2D eigenvalue weighted by Gasteiger charge is 2.28. The summed E-state index contributed by atoms with van der Waals surface area (Å²) in [7, 11) is 0. The van der Waals surface area contributed by atoms with Crippen LogP contribution >= 0.6 is 0 Å². The Labute approximate surface area is 110 Å². The van der Waals surface area contributed by atoms with E-state index in [1.54, 1.807) is 6.33 Å². The summed E-state index contributed by atoms with van der Waals surface area (Å²) in [5.74, 6) is 2.06. The molecular weight excluding hydrogens is 224 g/mol. The minimum absolute atomic E-state index is 0.383. The van der Waals surface area contributed by atoms with E-state index in [1.807, 2.05) is 0 Å². The van der Waals surface area contributed by atoms with Crippen molar-refractivity contribution in [2.24, 2.45) is 5.41 Å². The molecule has 0 amide bonds. The number of hydrogen-bond acceptors (Lipinski definition) is 4. The maximum absolute atomic E-state index is 4.49. The van der Waals surface area contributed by atoms with E-state index >= 15 is 0 Å². The van der Waals surface area contributed by atoms with Gasteiger partial charge in [0.15, 0.2) is 0 Å². The summed E-state index contributed by atoms with van der Waals surface area (Å²) in [5.41, 5.74) is 1.55. The maximum Gasteiger partial charge on any atom is 0.137 e. The minimum atomic E-state index is 0.383. The second kappa shape index (κ2) is 5.12. The second-order valence-corrected chi connectivity index (χ2v) is 5.89. The average Bonchev–Trinajstić information content (AvgIpc) is 2.31. The van der Waals surface area contributed by atoms with Gasteiger partial charge in [0.2, 0.25) is 0 Å². The zero-order valence-electron chi connectivity index (χ0n) is 12.0. The third-order valence-electron chi connectivity index (χ3n) is 3.60. The SMILES string of the molecule is CCNc1ncnc(N2CCCC(C)(C)C2)c1C. The number of anilines is 2. The highest BCUT2D eigenvalue weighted by atomic mass is 15.2. The highest BCUT2D eigenvalue weighted by Crippen LogP contribution is 2.32. The van der Waals surface area contributed by atoms with Gasteiger partial charge < -0.3 is 10.2 Å². The second-order valence-electron chi connectivity index (χ2n) is 5.89. The minimum Gasteiger partial charge on any atom is -0.370 e. The number of hydrogen-bond donors (Lipinski definition) is 1. The Hall–Kier alpha value is -1.32. The molecule has 1 fully saturated rings. The fraction of sp³-hybridized carbons (Fsp3) is 0.714. The topological polar surface area (TPSA) is 41.1 Å². The van der Waals surface area contributed by atoms with Gasteiger partial charge in [-0.2, -0.15) is 0 Å². The molecule has 0 aromatic carbocycles. The van der Waals surface area contributed by atoms with Crippen LogP contribution in [-0.2, 0) is 0 Å². The Morgan fingerprint density at radius 3 is 2.83 bits per heavy atom. The van der Waals surface area contributed by atoms with E-state index in [0.717, 1.165) is 36.8 Å². The fourth-order valence-electron chi connectivity index (χ4n) is 2.71. The normalized spacial score (nSPS) is 18.8. The van der Waals surface area contributed by atoms with Gasteiger partial charge in [0.25, 0.3) is 0 Å². The molecule has 1 N–H and O–H groups in total. The van der Waals surface area contributed by atoms with Crippen molar-refractivity contribution >= 4 is 11.6 Å². The average molecular weight is 248 g/mol. The molecule has 4 heteroatoms. The molecule has 0 unspecified atom stereocenters. The summed E-state index contributed by atoms with van der Waals surface area (Å²) < 4.78 is 0. The van der Waals surface area contributed by atoms with Crippen molar-refractivity contribution in [3.05, 3.63) is 11.9 Å². The summed E-state index contributed by atoms with van der Waals surface area (Å²) in [6.45, 7) is 11.9. The van der Waals surface area contributed by atoms with Crippen LogP contribution in [0.25, 0.3) is 0 Å². The molecule has 0 atom stereocenters. The van der Waals surface area contributed by atoms with Crippen LogP contribution < -0.4 is 10.2 Å². The molecule has 0 bridgehead atoms. The summed E-state index contributed by atoms with van der Waals surface area (Å²) >= 11 is 0. The first-order valence-electron chi connectivity index (χ1n) is 6.84. The fourth-order valence-corrected chi connectivity index (χ4v) is 2.71. The van der Waals surface area contributed by atoms with E-state index < -0.39 is 0 Å². The number of aromatic nitrogens is 2. The number of nitrogens with one attached hydrogen (secondary N) is 1.